The van der Waals surface area contributed by atoms with Crippen molar-refractivity contribution in [3.63, 3.8) is 0 Å². The van der Waals surface area contributed by atoms with E-state index in [-0.39, 0.29) is 33.8 Å². The summed E-state index contributed by atoms with van der Waals surface area (Å²) in [6, 6.07) is 96.7. The molecule has 8 aliphatic carbocycles. The lowest BCUT2D eigenvalue weighted by Crippen LogP contribution is -2.61. The van der Waals surface area contributed by atoms with Gasteiger partial charge in [0.15, 0.2) is 0 Å². The Balaban J connectivity index is 0.911. The van der Waals surface area contributed by atoms with Gasteiger partial charge in [-0.25, -0.2) is 0 Å². The van der Waals surface area contributed by atoms with Crippen molar-refractivity contribution in [2.45, 2.75) is 242 Å². The van der Waals surface area contributed by atoms with Crippen LogP contribution in [0.3, 0.4) is 0 Å². The molecular weight excluding hydrogens is 1530 g/mol. The summed E-state index contributed by atoms with van der Waals surface area (Å²) < 4.78 is 0. The fraction of sp³-hybridized carbons (Fsp3) is 0.355. The van der Waals surface area contributed by atoms with Crippen LogP contribution < -0.4 is 26.2 Å². The fourth-order valence-electron chi connectivity index (χ4n) is 25.4. The molecule has 0 radical (unpaired) electrons. The zero-order valence-electron chi connectivity index (χ0n) is 78.4. The molecule has 0 N–H and O–H groups in total. The van der Waals surface area contributed by atoms with Gasteiger partial charge >= 0.3 is 0 Å². The summed E-state index contributed by atoms with van der Waals surface area (Å²) in [7, 11) is 0. The molecule has 2 heterocycles. The van der Waals surface area contributed by atoms with Crippen LogP contribution in [-0.2, 0) is 23.7 Å². The predicted molar refractivity (Wildman–Crippen MR) is 544 cm³/mol. The number of fused-ring (bicyclic) bond motifs is 4. The fourth-order valence-corrected chi connectivity index (χ4v) is 25.4. The Hall–Kier alpha value is -10.7. The quantitative estimate of drug-likeness (QED) is 0.119. The van der Waals surface area contributed by atoms with Crippen LogP contribution >= 0.6 is 0 Å². The van der Waals surface area contributed by atoms with E-state index in [1.165, 1.54) is 251 Å². The summed E-state index contributed by atoms with van der Waals surface area (Å²) in [5, 5.41) is 2.96. The number of aryl methyl sites for hydroxylation is 1. The van der Waals surface area contributed by atoms with Gasteiger partial charge in [-0.3, -0.25) is 0 Å². The molecular formula is C124H129BN2. The molecule has 0 spiro atoms. The Morgan fingerprint density at radius 3 is 1.35 bits per heavy atom. The number of nitrogens with zero attached hydrogens (tertiary/aromatic N) is 2. The second-order valence-corrected chi connectivity index (χ2v) is 45.5. The highest BCUT2D eigenvalue weighted by atomic mass is 15.2. The Kier molecular flexibility index (Phi) is 20.0. The van der Waals surface area contributed by atoms with Crippen LogP contribution in [0.15, 0.2) is 289 Å². The number of benzene rings is 12. The van der Waals surface area contributed by atoms with Crippen LogP contribution in [-0.4, -0.2) is 6.71 Å². The van der Waals surface area contributed by atoms with Gasteiger partial charge in [0.2, 0.25) is 0 Å². The van der Waals surface area contributed by atoms with Gasteiger partial charge in [0.25, 0.3) is 6.71 Å². The lowest BCUT2D eigenvalue weighted by molar-refractivity contribution is 0.197. The van der Waals surface area contributed by atoms with Crippen molar-refractivity contribution >= 4 is 73.6 Å². The first-order chi connectivity index (χ1) is 61.1. The molecule has 3 saturated carbocycles. The maximum absolute atomic E-state index is 2.90. The molecule has 3 heteroatoms. The minimum absolute atomic E-state index is 0.00507. The van der Waals surface area contributed by atoms with E-state index in [9.17, 15) is 0 Å². The van der Waals surface area contributed by atoms with Gasteiger partial charge < -0.3 is 9.80 Å². The van der Waals surface area contributed by atoms with Crippen molar-refractivity contribution in [2.24, 2.45) is 39.9 Å². The van der Waals surface area contributed by atoms with Crippen LogP contribution in [0.4, 0.5) is 34.1 Å². The topological polar surface area (TPSA) is 6.48 Å². The van der Waals surface area contributed by atoms with Gasteiger partial charge in [-0.1, -0.05) is 360 Å². The molecule has 5 unspecified atom stereocenters. The standard InChI is InChI=1S/C124H129BN2/c1-120(2,3)94-54-50-78(51-55-94)91-72-111-117-112(73-91)127(119-103(81-42-30-20-31-43-81)66-90(77-36-24-17-25-37-77)67-104(119)82-44-32-21-33-45-82)110-71-84(100-69-93-63-96(122(7,8)9)59-86-47-49-88-61-98(124(13,14)15)75-106(100)116(88)114(86)93)53-57-108(110)125(117)107-56-52-83(99-68-92-62-95(121(4,5)6)58-85-46-48-87-60-97(123(10,11)12)74-105(99)115(87)113(85)92)70-109(107)126(111)118-101(79-38-26-18-27-39-79)64-89(76-34-22-16-23-35-76)65-102(118)80-40-28-19-29-41-80/h18-21,26-33,38-45,50-59,62-74,76-77,87-88,98,113,115H,16-17,22-25,34-37,46-49,60-61,75H2,1-15H3. The highest BCUT2D eigenvalue weighted by Gasteiger charge is 2.51. The third-order valence-corrected chi connectivity index (χ3v) is 32.4. The molecule has 638 valence electrons. The van der Waals surface area contributed by atoms with Gasteiger partial charge in [-0.2, -0.15) is 0 Å². The van der Waals surface area contributed by atoms with E-state index >= 15 is 0 Å². The average Bonchev–Trinajstić information content (AvgIpc) is 0.682. The lowest BCUT2D eigenvalue weighted by atomic mass is 9.33. The first kappa shape index (κ1) is 82.0. The normalized spacial score (nSPS) is 20.5. The van der Waals surface area contributed by atoms with Crippen molar-refractivity contribution in [3.05, 3.63) is 333 Å². The van der Waals surface area contributed by atoms with Crippen molar-refractivity contribution in [3.8, 4) is 66.8 Å². The number of anilines is 6. The average molecular weight is 1660 g/mol. The Morgan fingerprint density at radius 2 is 0.858 bits per heavy atom. The van der Waals surface area contributed by atoms with Gasteiger partial charge in [0.1, 0.15) is 0 Å². The molecule has 10 aliphatic rings. The van der Waals surface area contributed by atoms with E-state index in [0.717, 1.165) is 25.7 Å². The molecule has 3 fully saturated rings. The molecule has 22 rings (SSSR count). The summed E-state index contributed by atoms with van der Waals surface area (Å²) in [5.41, 5.74) is 47.6. The van der Waals surface area contributed by atoms with Crippen molar-refractivity contribution in [2.75, 3.05) is 9.80 Å². The van der Waals surface area contributed by atoms with Crippen LogP contribution in [0.25, 0.3) is 83.1 Å². The number of allylic oxidation sites excluding steroid dienone is 10. The molecule has 127 heavy (non-hydrogen) atoms. The zero-order chi connectivity index (χ0) is 87.1. The first-order valence-electron chi connectivity index (χ1n) is 49.1. The maximum Gasteiger partial charge on any atom is 0.252 e. The molecule has 12 aromatic rings. The summed E-state index contributed by atoms with van der Waals surface area (Å²) in [5.74, 6) is 3.24. The van der Waals surface area contributed by atoms with Gasteiger partial charge in [0.05, 0.1) is 11.4 Å². The van der Waals surface area contributed by atoms with E-state index in [1.807, 2.05) is 0 Å². The predicted octanol–water partition coefficient (Wildman–Crippen LogP) is 32.9. The van der Waals surface area contributed by atoms with Gasteiger partial charge in [-0.05, 0) is 326 Å². The molecule has 5 atom stereocenters. The number of rotatable bonds is 11. The SMILES string of the molecule is CC(C)(C)C1=CC2=CC(c3ccc4c(c3)N(c3c(-c5ccccc5)cc(C5CCCCC5)cc3-c3ccccc3)c3cc(-c5ccc(C(C)(C)C)cc5)cc5c3B4c3ccc(-c4cc6cc(C(C)(C)C)cc7c6c6c4CC(C(C)(C)C)CC6CC7)cc3N5c3c(-c4ccccc4)cc(C4CCCCC4)cc3-c3ccccc3)=C3C=C(C(C)(C)C)CC4CCC(=C1)C2C34. The monoisotopic (exact) mass is 1660 g/mol. The van der Waals surface area contributed by atoms with Crippen molar-refractivity contribution in [1.82, 2.24) is 0 Å². The minimum Gasteiger partial charge on any atom is -0.310 e. The summed E-state index contributed by atoms with van der Waals surface area (Å²) in [6.45, 7) is 36.5. The van der Waals surface area contributed by atoms with Crippen molar-refractivity contribution < 1.29 is 0 Å². The smallest absolute Gasteiger partial charge is 0.252 e. The number of hydrogen-bond acceptors (Lipinski definition) is 2. The first-order valence-corrected chi connectivity index (χ1v) is 49.1. The molecule has 0 saturated heterocycles. The molecule has 2 nitrogen and oxygen atoms in total. The second kappa shape index (κ2) is 31.0. The summed E-state index contributed by atoms with van der Waals surface area (Å²) in [4.78, 5) is 5.80. The second-order valence-electron chi connectivity index (χ2n) is 45.5. The van der Waals surface area contributed by atoms with E-state index < -0.39 is 0 Å². The zero-order valence-corrected chi connectivity index (χ0v) is 78.4. The molecule has 0 amide bonds. The lowest BCUT2D eigenvalue weighted by Gasteiger charge is -2.50. The third-order valence-electron chi connectivity index (χ3n) is 32.4. The minimum atomic E-state index is -0.214. The highest BCUT2D eigenvalue weighted by molar-refractivity contribution is 7.00. The third kappa shape index (κ3) is 14.3. The largest absolute Gasteiger partial charge is 0.310 e. The van der Waals surface area contributed by atoms with E-state index in [0.29, 0.717) is 41.4 Å². The van der Waals surface area contributed by atoms with Crippen LogP contribution in [0.1, 0.15) is 262 Å². The highest BCUT2D eigenvalue weighted by Crippen LogP contribution is 2.63. The van der Waals surface area contributed by atoms with Gasteiger partial charge in [-0.15, -0.1) is 0 Å². The maximum atomic E-state index is 2.90. The summed E-state index contributed by atoms with van der Waals surface area (Å²) >= 11 is 0. The van der Waals surface area contributed by atoms with E-state index in [1.54, 1.807) is 38.8 Å². The molecule has 2 aliphatic heterocycles. The summed E-state index contributed by atoms with van der Waals surface area (Å²) in [6.07, 6.45) is 31.3. The van der Waals surface area contributed by atoms with Crippen LogP contribution in [0.5, 0.6) is 0 Å². The van der Waals surface area contributed by atoms with Crippen LogP contribution in [0, 0.1) is 39.9 Å². The number of hydrogen-bond donors (Lipinski definition) is 0. The van der Waals surface area contributed by atoms with Crippen molar-refractivity contribution in [1.29, 1.82) is 0 Å². The Bertz CT molecular complexity index is 6450. The molecule has 0 aromatic heterocycles. The van der Waals surface area contributed by atoms with E-state index in [2.05, 4.69) is 375 Å². The molecule has 12 aromatic carbocycles. The van der Waals surface area contributed by atoms with Crippen LogP contribution in [0.2, 0.25) is 0 Å². The van der Waals surface area contributed by atoms with E-state index in [4.69, 9.17) is 0 Å². The Labute approximate surface area is 759 Å². The van der Waals surface area contributed by atoms with Gasteiger partial charge in [0, 0.05) is 50.9 Å². The molecule has 0 bridgehead atoms. The Morgan fingerprint density at radius 1 is 0.362 bits per heavy atom.